The van der Waals surface area contributed by atoms with Crippen molar-refractivity contribution >= 4 is 11.7 Å². The highest BCUT2D eigenvalue weighted by atomic mass is 16.3. The molecule has 9 heteroatoms. The van der Waals surface area contributed by atoms with Crippen LogP contribution in [-0.2, 0) is 9.59 Å². The molecular formula is C21H41N3O6. The van der Waals surface area contributed by atoms with Gasteiger partial charge >= 0.3 is 0 Å². The number of hydrogen-bond acceptors (Lipinski definition) is 8. The van der Waals surface area contributed by atoms with E-state index in [1.807, 2.05) is 9.80 Å². The first kappa shape index (κ1) is 26.9. The van der Waals surface area contributed by atoms with Crippen molar-refractivity contribution in [2.75, 3.05) is 65.7 Å². The number of carbonyl (C=O) groups excluding carboxylic acids is 2. The number of aliphatic hydroxyl groups excluding tert-OH is 4. The minimum Gasteiger partial charge on any atom is -0.395 e. The molecule has 1 heterocycles. The molecule has 0 radical (unpaired) electrons. The molecule has 1 fully saturated rings. The zero-order valence-corrected chi connectivity index (χ0v) is 18.2. The molecule has 30 heavy (non-hydrogen) atoms. The fourth-order valence-electron chi connectivity index (χ4n) is 3.96. The number of amides is 1. The molecule has 176 valence electrons. The van der Waals surface area contributed by atoms with Crippen molar-refractivity contribution in [3.05, 3.63) is 0 Å². The number of rotatable bonds is 18. The normalized spacial score (nSPS) is 19.7. The molecule has 0 aliphatic carbocycles. The maximum atomic E-state index is 12.4. The quantitative estimate of drug-likeness (QED) is 0.174. The Morgan fingerprint density at radius 2 is 1.17 bits per heavy atom. The van der Waals surface area contributed by atoms with E-state index in [4.69, 9.17) is 20.4 Å². The van der Waals surface area contributed by atoms with Crippen molar-refractivity contribution < 1.29 is 30.0 Å². The summed E-state index contributed by atoms with van der Waals surface area (Å²) < 4.78 is 0. The lowest BCUT2D eigenvalue weighted by atomic mass is 9.87. The van der Waals surface area contributed by atoms with E-state index in [0.717, 1.165) is 38.8 Å². The van der Waals surface area contributed by atoms with E-state index in [9.17, 15) is 9.59 Å². The third-order valence-corrected chi connectivity index (χ3v) is 5.68. The van der Waals surface area contributed by atoms with Crippen molar-refractivity contribution in [3.63, 3.8) is 0 Å². The molecule has 1 saturated heterocycles. The maximum absolute atomic E-state index is 12.4. The van der Waals surface area contributed by atoms with Crippen molar-refractivity contribution in [2.45, 2.75) is 51.0 Å². The predicted molar refractivity (Wildman–Crippen MR) is 114 cm³/mol. The average molecular weight is 432 g/mol. The Morgan fingerprint density at radius 1 is 0.700 bits per heavy atom. The molecule has 1 aliphatic rings. The molecule has 1 rings (SSSR count). The summed E-state index contributed by atoms with van der Waals surface area (Å²) in [6.45, 7) is 3.85. The van der Waals surface area contributed by atoms with E-state index in [-0.39, 0.29) is 44.0 Å². The number of Topliss-reactive ketones (excluding diaryl/α,β-unsaturated/α-hetero) is 1. The first-order valence-electron chi connectivity index (χ1n) is 11.3. The molecule has 0 bridgehead atoms. The van der Waals surface area contributed by atoms with Crippen LogP contribution in [0.5, 0.6) is 0 Å². The molecule has 0 aromatic carbocycles. The largest absolute Gasteiger partial charge is 0.395 e. The van der Waals surface area contributed by atoms with Crippen LogP contribution >= 0.6 is 0 Å². The first-order chi connectivity index (χ1) is 14.5. The second kappa shape index (κ2) is 16.6. The molecule has 0 saturated carbocycles. The minimum atomic E-state index is -0.400. The zero-order valence-electron chi connectivity index (χ0n) is 18.2. The number of unbranched alkanes of at least 4 members (excludes halogenated alkanes) is 2. The van der Waals surface area contributed by atoms with E-state index < -0.39 is 6.04 Å². The van der Waals surface area contributed by atoms with Gasteiger partial charge in [-0.2, -0.15) is 0 Å². The summed E-state index contributed by atoms with van der Waals surface area (Å²) in [5, 5.41) is 39.0. The highest BCUT2D eigenvalue weighted by Crippen LogP contribution is 2.21. The Bertz CT molecular complexity index is 426. The van der Waals surface area contributed by atoms with Gasteiger partial charge in [-0.05, 0) is 45.2 Å². The third-order valence-electron chi connectivity index (χ3n) is 5.68. The van der Waals surface area contributed by atoms with Crippen LogP contribution in [0.1, 0.15) is 44.9 Å². The maximum Gasteiger partial charge on any atom is 0.224 e. The van der Waals surface area contributed by atoms with Gasteiger partial charge in [0.1, 0.15) is 0 Å². The molecule has 9 nitrogen and oxygen atoms in total. The number of hydrogen-bond donors (Lipinski definition) is 5. The topological polar surface area (TPSA) is 134 Å². The predicted octanol–water partition coefficient (Wildman–Crippen LogP) is -1.03. The minimum absolute atomic E-state index is 0.0376. The lowest BCUT2D eigenvalue weighted by Crippen LogP contribution is -2.50. The van der Waals surface area contributed by atoms with Gasteiger partial charge in [-0.25, -0.2) is 0 Å². The van der Waals surface area contributed by atoms with Crippen LogP contribution in [0.15, 0.2) is 0 Å². The number of carbonyl (C=O) groups is 2. The Morgan fingerprint density at radius 3 is 1.63 bits per heavy atom. The number of piperidine rings is 1. The van der Waals surface area contributed by atoms with E-state index in [0.29, 0.717) is 45.4 Å². The van der Waals surface area contributed by atoms with Gasteiger partial charge in [-0.15, -0.1) is 0 Å². The summed E-state index contributed by atoms with van der Waals surface area (Å²) in [5.74, 6) is -0.198. The molecule has 1 amide bonds. The zero-order chi connectivity index (χ0) is 22.2. The van der Waals surface area contributed by atoms with Gasteiger partial charge in [0.15, 0.2) is 5.78 Å². The van der Waals surface area contributed by atoms with E-state index in [1.54, 1.807) is 0 Å². The number of aliphatic hydroxyl groups is 4. The SMILES string of the molecule is O=C1NC(CCCCN(CCO)CCO)C(=O)CC1CCCCN(CCO)CCO. The summed E-state index contributed by atoms with van der Waals surface area (Å²) >= 11 is 0. The van der Waals surface area contributed by atoms with Gasteiger partial charge in [-0.3, -0.25) is 19.4 Å². The lowest BCUT2D eigenvalue weighted by molar-refractivity contribution is -0.137. The molecule has 2 unspecified atom stereocenters. The van der Waals surface area contributed by atoms with Crippen molar-refractivity contribution in [1.82, 2.24) is 15.1 Å². The van der Waals surface area contributed by atoms with Crippen LogP contribution in [0.25, 0.3) is 0 Å². The van der Waals surface area contributed by atoms with Crippen LogP contribution in [0.3, 0.4) is 0 Å². The van der Waals surface area contributed by atoms with Crippen molar-refractivity contribution in [2.24, 2.45) is 5.92 Å². The van der Waals surface area contributed by atoms with E-state index in [2.05, 4.69) is 5.32 Å². The second-order valence-electron chi connectivity index (χ2n) is 8.00. The summed E-state index contributed by atoms with van der Waals surface area (Å²) in [6.07, 6.45) is 4.94. The fourth-order valence-corrected chi connectivity index (χ4v) is 3.96. The molecule has 2 atom stereocenters. The lowest BCUT2D eigenvalue weighted by Gasteiger charge is -2.28. The van der Waals surface area contributed by atoms with Gasteiger partial charge in [0, 0.05) is 38.5 Å². The number of nitrogens with zero attached hydrogens (tertiary/aromatic N) is 2. The highest BCUT2D eigenvalue weighted by molar-refractivity contribution is 5.96. The smallest absolute Gasteiger partial charge is 0.224 e. The number of nitrogens with one attached hydrogen (secondary N) is 1. The van der Waals surface area contributed by atoms with Gasteiger partial charge < -0.3 is 25.7 Å². The van der Waals surface area contributed by atoms with Crippen LogP contribution in [-0.4, -0.2) is 114 Å². The monoisotopic (exact) mass is 431 g/mol. The Labute approximate surface area is 180 Å². The van der Waals surface area contributed by atoms with Crippen LogP contribution in [0.4, 0.5) is 0 Å². The standard InChI is InChI=1S/C21H41N3O6/c25-13-9-23(10-14-26)7-3-1-5-18-17-20(29)19(22-21(18)30)6-2-4-8-24(11-15-27)12-16-28/h18-19,25-28H,1-17H2,(H,22,30). The summed E-state index contributed by atoms with van der Waals surface area (Å²) in [6, 6.07) is -0.400. The van der Waals surface area contributed by atoms with Gasteiger partial charge in [0.25, 0.3) is 0 Å². The van der Waals surface area contributed by atoms with Crippen molar-refractivity contribution in [1.29, 1.82) is 0 Å². The first-order valence-corrected chi connectivity index (χ1v) is 11.3. The van der Waals surface area contributed by atoms with Crippen molar-refractivity contribution in [3.8, 4) is 0 Å². The number of ketones is 1. The van der Waals surface area contributed by atoms with Crippen LogP contribution in [0, 0.1) is 5.92 Å². The van der Waals surface area contributed by atoms with E-state index in [1.165, 1.54) is 0 Å². The second-order valence-corrected chi connectivity index (χ2v) is 8.00. The molecule has 5 N–H and O–H groups in total. The Balaban J connectivity index is 2.26. The third kappa shape index (κ3) is 10.8. The fraction of sp³-hybridized carbons (Fsp3) is 0.905. The summed E-state index contributed by atoms with van der Waals surface area (Å²) in [4.78, 5) is 28.8. The molecule has 1 aliphatic heterocycles. The summed E-state index contributed by atoms with van der Waals surface area (Å²) in [7, 11) is 0. The molecule has 0 aromatic heterocycles. The van der Waals surface area contributed by atoms with Crippen LogP contribution in [0.2, 0.25) is 0 Å². The molecule has 0 spiro atoms. The highest BCUT2D eigenvalue weighted by Gasteiger charge is 2.33. The Hall–Kier alpha value is -1.10. The van der Waals surface area contributed by atoms with Gasteiger partial charge in [0.2, 0.25) is 5.91 Å². The van der Waals surface area contributed by atoms with Gasteiger partial charge in [-0.1, -0.05) is 6.42 Å². The summed E-state index contributed by atoms with van der Waals surface area (Å²) in [5.41, 5.74) is 0. The Kier molecular flexibility index (Phi) is 14.9. The van der Waals surface area contributed by atoms with Crippen LogP contribution < -0.4 is 5.32 Å². The molecular weight excluding hydrogens is 390 g/mol. The van der Waals surface area contributed by atoms with Gasteiger partial charge in [0.05, 0.1) is 32.5 Å². The van der Waals surface area contributed by atoms with E-state index >= 15 is 0 Å². The molecule has 0 aromatic rings. The average Bonchev–Trinajstić information content (AvgIpc) is 2.71.